The maximum atomic E-state index is 12.2. The molecule has 2 N–H and O–H groups in total. The summed E-state index contributed by atoms with van der Waals surface area (Å²) in [6.45, 7) is 3.58. The van der Waals surface area contributed by atoms with Crippen LogP contribution in [0.3, 0.4) is 0 Å². The molecule has 0 saturated heterocycles. The summed E-state index contributed by atoms with van der Waals surface area (Å²) in [7, 11) is 1.77. The van der Waals surface area contributed by atoms with Crippen LogP contribution in [0.4, 0.5) is 5.69 Å². The average molecular weight is 280 g/mol. The topological polar surface area (TPSA) is 67.2 Å². The highest BCUT2D eigenvalue weighted by atomic mass is 35.5. The van der Waals surface area contributed by atoms with Crippen molar-refractivity contribution in [3.8, 4) is 5.75 Å². The van der Waals surface area contributed by atoms with Crippen LogP contribution in [0.15, 0.2) is 18.2 Å². The number of hydrogen-bond acceptors (Lipinski definition) is 3. The van der Waals surface area contributed by atoms with Crippen LogP contribution in [-0.2, 0) is 7.05 Å². The zero-order valence-electron chi connectivity index (χ0n) is 10.9. The number of aryl methyl sites for hydroxylation is 2. The Morgan fingerprint density at radius 1 is 1.42 bits per heavy atom. The number of benzene rings is 1. The number of rotatable bonds is 2. The van der Waals surface area contributed by atoms with Crippen LogP contribution in [0, 0.1) is 13.8 Å². The van der Waals surface area contributed by atoms with Gasteiger partial charge in [0.2, 0.25) is 0 Å². The molecule has 6 heteroatoms. The summed E-state index contributed by atoms with van der Waals surface area (Å²) in [6, 6.07) is 4.48. The summed E-state index contributed by atoms with van der Waals surface area (Å²) in [5, 5.41) is 16.9. The molecule has 1 aromatic carbocycles. The van der Waals surface area contributed by atoms with Crippen LogP contribution < -0.4 is 5.32 Å². The molecule has 100 valence electrons. The number of carbonyl (C=O) groups is 1. The minimum Gasteiger partial charge on any atom is -0.506 e. The summed E-state index contributed by atoms with van der Waals surface area (Å²) in [4.78, 5) is 12.2. The second kappa shape index (κ2) is 4.93. The van der Waals surface area contributed by atoms with Gasteiger partial charge in [-0.25, -0.2) is 0 Å². The third-order valence-corrected chi connectivity index (χ3v) is 3.18. The van der Waals surface area contributed by atoms with Gasteiger partial charge in [-0.1, -0.05) is 11.6 Å². The van der Waals surface area contributed by atoms with Gasteiger partial charge in [0.1, 0.15) is 5.75 Å². The van der Waals surface area contributed by atoms with Crippen LogP contribution in [0.1, 0.15) is 21.7 Å². The van der Waals surface area contributed by atoms with Crippen molar-refractivity contribution < 1.29 is 9.90 Å². The molecular formula is C13H14ClN3O2. The minimum atomic E-state index is -0.319. The third kappa shape index (κ3) is 2.56. The molecule has 0 aliphatic carbocycles. The van der Waals surface area contributed by atoms with E-state index in [9.17, 15) is 9.90 Å². The maximum absolute atomic E-state index is 12.2. The molecular weight excluding hydrogens is 266 g/mol. The Kier molecular flexibility index (Phi) is 3.48. The molecule has 0 saturated carbocycles. The Balaban J connectivity index is 2.33. The van der Waals surface area contributed by atoms with Gasteiger partial charge in [-0.05, 0) is 32.0 Å². The van der Waals surface area contributed by atoms with Crippen molar-refractivity contribution in [1.29, 1.82) is 0 Å². The Morgan fingerprint density at radius 2 is 2.11 bits per heavy atom. The predicted octanol–water partition coefficient (Wildman–Crippen LogP) is 2.65. The zero-order valence-corrected chi connectivity index (χ0v) is 11.6. The van der Waals surface area contributed by atoms with Crippen molar-refractivity contribution in [3.05, 3.63) is 40.2 Å². The smallest absolute Gasteiger partial charge is 0.259 e. The molecule has 0 atom stereocenters. The quantitative estimate of drug-likeness (QED) is 0.831. The van der Waals surface area contributed by atoms with E-state index in [1.54, 1.807) is 24.7 Å². The van der Waals surface area contributed by atoms with Gasteiger partial charge in [0.25, 0.3) is 5.91 Å². The molecule has 19 heavy (non-hydrogen) atoms. The lowest BCUT2D eigenvalue weighted by atomic mass is 10.1. The highest BCUT2D eigenvalue weighted by molar-refractivity contribution is 6.31. The van der Waals surface area contributed by atoms with E-state index in [2.05, 4.69) is 10.4 Å². The number of anilines is 1. The maximum Gasteiger partial charge on any atom is 0.259 e. The lowest BCUT2D eigenvalue weighted by Crippen LogP contribution is -2.14. The van der Waals surface area contributed by atoms with Crippen LogP contribution in [0.5, 0.6) is 5.75 Å². The molecule has 0 fully saturated rings. The number of carbonyl (C=O) groups excluding carboxylic acids is 1. The first-order valence-electron chi connectivity index (χ1n) is 5.70. The Morgan fingerprint density at radius 3 is 2.68 bits per heavy atom. The van der Waals surface area contributed by atoms with E-state index in [-0.39, 0.29) is 17.3 Å². The van der Waals surface area contributed by atoms with Crippen molar-refractivity contribution in [2.24, 2.45) is 7.05 Å². The normalized spacial score (nSPS) is 10.5. The lowest BCUT2D eigenvalue weighted by Gasteiger charge is -2.08. The highest BCUT2D eigenvalue weighted by Crippen LogP contribution is 2.27. The van der Waals surface area contributed by atoms with Gasteiger partial charge in [-0.2, -0.15) is 5.10 Å². The standard InChI is InChI=1S/C13H14ClN3O2/c1-7-12(8(2)17(3)16-7)13(19)15-10-6-9(14)4-5-11(10)18/h4-6,18H,1-3H3,(H,15,19). The number of hydrogen-bond donors (Lipinski definition) is 2. The summed E-state index contributed by atoms with van der Waals surface area (Å²) < 4.78 is 1.64. The van der Waals surface area contributed by atoms with E-state index in [4.69, 9.17) is 11.6 Å². The fourth-order valence-corrected chi connectivity index (χ4v) is 2.07. The van der Waals surface area contributed by atoms with Gasteiger partial charge in [0.15, 0.2) is 0 Å². The number of halogens is 1. The molecule has 1 amide bonds. The molecule has 2 rings (SSSR count). The second-order valence-corrected chi connectivity index (χ2v) is 4.72. The molecule has 5 nitrogen and oxygen atoms in total. The van der Waals surface area contributed by atoms with Gasteiger partial charge in [-0.3, -0.25) is 9.48 Å². The van der Waals surface area contributed by atoms with Gasteiger partial charge < -0.3 is 10.4 Å². The Hall–Kier alpha value is -2.01. The van der Waals surface area contributed by atoms with Crippen LogP contribution in [-0.4, -0.2) is 20.8 Å². The summed E-state index contributed by atoms with van der Waals surface area (Å²) >= 11 is 5.83. The van der Waals surface area contributed by atoms with Gasteiger partial charge in [-0.15, -0.1) is 0 Å². The lowest BCUT2D eigenvalue weighted by molar-refractivity contribution is 0.102. The highest BCUT2D eigenvalue weighted by Gasteiger charge is 2.18. The number of amides is 1. The molecule has 1 aromatic heterocycles. The second-order valence-electron chi connectivity index (χ2n) is 4.29. The van der Waals surface area contributed by atoms with Crippen LogP contribution in [0.2, 0.25) is 5.02 Å². The van der Waals surface area contributed by atoms with Crippen molar-refractivity contribution in [2.45, 2.75) is 13.8 Å². The van der Waals surface area contributed by atoms with Gasteiger partial charge in [0, 0.05) is 17.8 Å². The molecule has 0 unspecified atom stereocenters. The third-order valence-electron chi connectivity index (χ3n) is 2.94. The number of nitrogens with zero attached hydrogens (tertiary/aromatic N) is 2. The van der Waals surface area contributed by atoms with E-state index in [0.29, 0.717) is 16.3 Å². The SMILES string of the molecule is Cc1nn(C)c(C)c1C(=O)Nc1cc(Cl)ccc1O. The van der Waals surface area contributed by atoms with E-state index in [1.165, 1.54) is 12.1 Å². The molecule has 0 bridgehead atoms. The van der Waals surface area contributed by atoms with Crippen LogP contribution >= 0.6 is 11.6 Å². The van der Waals surface area contributed by atoms with Crippen molar-refractivity contribution in [2.75, 3.05) is 5.32 Å². The fourth-order valence-electron chi connectivity index (χ4n) is 1.90. The van der Waals surface area contributed by atoms with E-state index in [1.807, 2.05) is 6.92 Å². The number of phenolic OH excluding ortho intramolecular Hbond substituents is 1. The number of nitrogens with one attached hydrogen (secondary N) is 1. The first-order chi connectivity index (χ1) is 8.90. The van der Waals surface area contributed by atoms with Crippen molar-refractivity contribution >= 4 is 23.2 Å². The zero-order chi connectivity index (χ0) is 14.2. The number of aromatic hydroxyl groups is 1. The van der Waals surface area contributed by atoms with Crippen molar-refractivity contribution in [1.82, 2.24) is 9.78 Å². The monoisotopic (exact) mass is 279 g/mol. The Labute approximate surface area is 115 Å². The number of aromatic nitrogens is 2. The molecule has 2 aromatic rings. The molecule has 0 aliphatic rings. The molecule has 0 aliphatic heterocycles. The predicted molar refractivity (Wildman–Crippen MR) is 73.8 cm³/mol. The van der Waals surface area contributed by atoms with Crippen LogP contribution in [0.25, 0.3) is 0 Å². The largest absolute Gasteiger partial charge is 0.506 e. The van der Waals surface area contributed by atoms with Gasteiger partial charge in [0.05, 0.1) is 16.9 Å². The first-order valence-corrected chi connectivity index (χ1v) is 6.08. The van der Waals surface area contributed by atoms with E-state index >= 15 is 0 Å². The first kappa shape index (κ1) is 13.4. The Bertz CT molecular complexity index is 650. The van der Waals surface area contributed by atoms with E-state index in [0.717, 1.165) is 5.69 Å². The molecule has 0 spiro atoms. The minimum absolute atomic E-state index is 0.0306. The summed E-state index contributed by atoms with van der Waals surface area (Å²) in [5.74, 6) is -0.349. The summed E-state index contributed by atoms with van der Waals surface area (Å²) in [6.07, 6.45) is 0. The molecule has 0 radical (unpaired) electrons. The van der Waals surface area contributed by atoms with E-state index < -0.39 is 0 Å². The molecule has 1 heterocycles. The summed E-state index contributed by atoms with van der Waals surface area (Å²) in [5.41, 5.74) is 2.18. The van der Waals surface area contributed by atoms with Gasteiger partial charge >= 0.3 is 0 Å². The fraction of sp³-hybridized carbons (Fsp3) is 0.231. The number of phenols is 1. The van der Waals surface area contributed by atoms with Crippen molar-refractivity contribution in [3.63, 3.8) is 0 Å². The average Bonchev–Trinajstić information content (AvgIpc) is 2.58.